The Hall–Kier alpha value is -1.91. The minimum atomic E-state index is -3.85. The molecule has 1 saturated carbocycles. The number of nitrogens with one attached hydrogen (secondary N) is 2. The summed E-state index contributed by atoms with van der Waals surface area (Å²) >= 11 is 13.5. The van der Waals surface area contributed by atoms with Crippen LogP contribution in [0.1, 0.15) is 23.2 Å². The molecule has 4 rings (SSSR count). The average Bonchev–Trinajstić information content (AvgIpc) is 3.36. The van der Waals surface area contributed by atoms with Gasteiger partial charge in [0.1, 0.15) is 16.2 Å². The van der Waals surface area contributed by atoms with E-state index in [4.69, 9.17) is 27.9 Å². The van der Waals surface area contributed by atoms with Gasteiger partial charge in [-0.1, -0.05) is 40.6 Å². The molecule has 3 aromatic rings. The third-order valence-electron chi connectivity index (χ3n) is 4.28. The molecular weight excluding hydrogens is 457 g/mol. The summed E-state index contributed by atoms with van der Waals surface area (Å²) in [4.78, 5) is 17.0. The van der Waals surface area contributed by atoms with Crippen LogP contribution in [-0.2, 0) is 10.0 Å². The van der Waals surface area contributed by atoms with Gasteiger partial charge in [0.05, 0.1) is 27.4 Å². The number of amides is 1. The van der Waals surface area contributed by atoms with E-state index in [1.807, 2.05) is 12.1 Å². The molecule has 0 atom stereocenters. The molecule has 1 aliphatic carbocycles. The van der Waals surface area contributed by atoms with Crippen LogP contribution in [0.15, 0.2) is 35.2 Å². The summed E-state index contributed by atoms with van der Waals surface area (Å²) in [6.07, 6.45) is 1.55. The Labute approximate surface area is 181 Å². The third-order valence-corrected chi connectivity index (χ3v) is 7.51. The van der Waals surface area contributed by atoms with Crippen LogP contribution in [0.5, 0.6) is 5.75 Å². The molecule has 0 saturated heterocycles. The first kappa shape index (κ1) is 20.4. The lowest BCUT2D eigenvalue weighted by Crippen LogP contribution is -2.26. The average molecular weight is 472 g/mol. The molecule has 11 heteroatoms. The van der Waals surface area contributed by atoms with E-state index in [1.165, 1.54) is 30.6 Å². The van der Waals surface area contributed by atoms with Crippen molar-refractivity contribution < 1.29 is 17.9 Å². The lowest BCUT2D eigenvalue weighted by molar-refractivity contribution is 0.102. The number of anilines is 1. The van der Waals surface area contributed by atoms with Crippen molar-refractivity contribution in [2.24, 2.45) is 0 Å². The summed E-state index contributed by atoms with van der Waals surface area (Å²) in [5.74, 6) is -0.00383. The van der Waals surface area contributed by atoms with E-state index in [1.54, 1.807) is 6.07 Å². The number of halogens is 2. The number of nitrogens with zero attached hydrogens (tertiary/aromatic N) is 1. The van der Waals surface area contributed by atoms with Gasteiger partial charge in [0, 0.05) is 6.04 Å². The summed E-state index contributed by atoms with van der Waals surface area (Å²) in [6.45, 7) is 0. The summed E-state index contributed by atoms with van der Waals surface area (Å²) in [6, 6.07) is 7.79. The Morgan fingerprint density at radius 3 is 2.69 bits per heavy atom. The largest absolute Gasteiger partial charge is 0.494 e. The quantitative estimate of drug-likeness (QED) is 0.558. The van der Waals surface area contributed by atoms with Gasteiger partial charge >= 0.3 is 0 Å². The number of thiazole rings is 1. The van der Waals surface area contributed by atoms with Crippen LogP contribution in [0.25, 0.3) is 10.2 Å². The van der Waals surface area contributed by atoms with Gasteiger partial charge in [-0.25, -0.2) is 18.1 Å². The highest BCUT2D eigenvalue weighted by atomic mass is 35.5. The predicted octanol–water partition coefficient (Wildman–Crippen LogP) is 4.30. The first-order chi connectivity index (χ1) is 13.8. The SMILES string of the molecule is COc1cccc2sc(NC(=O)c3cc(S(=O)(=O)NC4CC4)c(Cl)cc3Cl)nc12. The van der Waals surface area contributed by atoms with Crippen LogP contribution in [0.4, 0.5) is 5.13 Å². The predicted molar refractivity (Wildman–Crippen MR) is 114 cm³/mol. The van der Waals surface area contributed by atoms with Crippen LogP contribution in [0.2, 0.25) is 10.0 Å². The van der Waals surface area contributed by atoms with Crippen molar-refractivity contribution in [1.82, 2.24) is 9.71 Å². The molecule has 1 heterocycles. The summed E-state index contributed by atoms with van der Waals surface area (Å²) in [7, 11) is -2.31. The van der Waals surface area contributed by atoms with Gasteiger partial charge in [0.25, 0.3) is 5.91 Å². The van der Waals surface area contributed by atoms with Crippen molar-refractivity contribution in [3.63, 3.8) is 0 Å². The van der Waals surface area contributed by atoms with E-state index in [2.05, 4.69) is 15.0 Å². The molecule has 1 aromatic heterocycles. The maximum Gasteiger partial charge on any atom is 0.259 e. The van der Waals surface area contributed by atoms with Gasteiger partial charge in [-0.2, -0.15) is 0 Å². The smallest absolute Gasteiger partial charge is 0.259 e. The molecule has 0 spiro atoms. The lowest BCUT2D eigenvalue weighted by atomic mass is 10.2. The number of hydrogen-bond donors (Lipinski definition) is 2. The molecule has 0 bridgehead atoms. The molecule has 1 fully saturated rings. The number of hydrogen-bond acceptors (Lipinski definition) is 6. The number of fused-ring (bicyclic) bond motifs is 1. The van der Waals surface area contributed by atoms with Crippen molar-refractivity contribution in [3.05, 3.63) is 45.9 Å². The van der Waals surface area contributed by atoms with Crippen LogP contribution in [0.3, 0.4) is 0 Å². The topological polar surface area (TPSA) is 97.4 Å². The molecular formula is C18H15Cl2N3O4S2. The van der Waals surface area contributed by atoms with E-state index >= 15 is 0 Å². The summed E-state index contributed by atoms with van der Waals surface area (Å²) in [5, 5.41) is 2.98. The molecule has 152 valence electrons. The molecule has 29 heavy (non-hydrogen) atoms. The van der Waals surface area contributed by atoms with E-state index < -0.39 is 15.9 Å². The molecule has 2 aromatic carbocycles. The third kappa shape index (κ3) is 4.19. The number of para-hydroxylation sites is 1. The zero-order valence-corrected chi connectivity index (χ0v) is 18.2. The Bertz CT molecular complexity index is 1220. The van der Waals surface area contributed by atoms with E-state index in [0.29, 0.717) is 16.4 Å². The fourth-order valence-electron chi connectivity index (χ4n) is 2.70. The van der Waals surface area contributed by atoms with Gasteiger partial charge in [-0.05, 0) is 37.1 Å². The van der Waals surface area contributed by atoms with Gasteiger partial charge in [0.2, 0.25) is 10.0 Å². The van der Waals surface area contributed by atoms with Crippen molar-refractivity contribution in [2.75, 3.05) is 12.4 Å². The number of rotatable bonds is 6. The first-order valence-corrected chi connectivity index (χ1v) is 11.6. The Kier molecular flexibility index (Phi) is 5.43. The fourth-order valence-corrected chi connectivity index (χ4v) is 5.74. The van der Waals surface area contributed by atoms with Crippen molar-refractivity contribution in [3.8, 4) is 5.75 Å². The summed E-state index contributed by atoms with van der Waals surface area (Å²) < 4.78 is 33.7. The monoisotopic (exact) mass is 471 g/mol. The molecule has 7 nitrogen and oxygen atoms in total. The Balaban J connectivity index is 1.65. The second kappa shape index (κ2) is 7.73. The molecule has 2 N–H and O–H groups in total. The number of aromatic nitrogens is 1. The van der Waals surface area contributed by atoms with Crippen LogP contribution >= 0.6 is 34.5 Å². The number of carbonyl (C=O) groups excluding carboxylic acids is 1. The van der Waals surface area contributed by atoms with Gasteiger partial charge in [-0.15, -0.1) is 0 Å². The van der Waals surface area contributed by atoms with Crippen molar-refractivity contribution in [2.45, 2.75) is 23.8 Å². The highest BCUT2D eigenvalue weighted by molar-refractivity contribution is 7.89. The molecule has 0 unspecified atom stereocenters. The number of carbonyl (C=O) groups is 1. The highest BCUT2D eigenvalue weighted by Gasteiger charge is 2.30. The van der Waals surface area contributed by atoms with Crippen LogP contribution in [0, 0.1) is 0 Å². The van der Waals surface area contributed by atoms with Crippen LogP contribution in [-0.4, -0.2) is 32.5 Å². The molecule has 1 amide bonds. The zero-order chi connectivity index (χ0) is 20.8. The number of ether oxygens (including phenoxy) is 1. The zero-order valence-electron chi connectivity index (χ0n) is 15.0. The second-order valence-corrected chi connectivity index (χ2v) is 9.97. The van der Waals surface area contributed by atoms with E-state index in [0.717, 1.165) is 17.5 Å². The van der Waals surface area contributed by atoms with Crippen molar-refractivity contribution >= 4 is 65.8 Å². The van der Waals surface area contributed by atoms with Crippen molar-refractivity contribution in [1.29, 1.82) is 0 Å². The summed E-state index contributed by atoms with van der Waals surface area (Å²) in [5.41, 5.74) is 0.605. The van der Waals surface area contributed by atoms with E-state index in [-0.39, 0.29) is 26.5 Å². The number of sulfonamides is 1. The standard InChI is InChI=1S/C18H15Cl2N3O4S2/c1-27-13-3-2-4-14-16(13)21-18(28-14)22-17(24)10-7-15(12(20)8-11(10)19)29(25,26)23-9-5-6-9/h2-4,7-9,23H,5-6H2,1H3,(H,21,22,24). The van der Waals surface area contributed by atoms with Crippen LogP contribution < -0.4 is 14.8 Å². The maximum atomic E-state index is 12.8. The number of benzene rings is 2. The first-order valence-electron chi connectivity index (χ1n) is 8.55. The van der Waals surface area contributed by atoms with Gasteiger partial charge < -0.3 is 4.74 Å². The minimum Gasteiger partial charge on any atom is -0.494 e. The molecule has 1 aliphatic rings. The Morgan fingerprint density at radius 1 is 1.24 bits per heavy atom. The lowest BCUT2D eigenvalue weighted by Gasteiger charge is -2.11. The minimum absolute atomic E-state index is 0.0153. The number of methoxy groups -OCH3 is 1. The van der Waals surface area contributed by atoms with Gasteiger partial charge in [-0.3, -0.25) is 10.1 Å². The van der Waals surface area contributed by atoms with Gasteiger partial charge in [0.15, 0.2) is 5.13 Å². The Morgan fingerprint density at radius 2 is 2.00 bits per heavy atom. The van der Waals surface area contributed by atoms with E-state index in [9.17, 15) is 13.2 Å². The maximum absolute atomic E-state index is 12.8. The normalized spacial score (nSPS) is 14.2. The molecule has 0 aliphatic heterocycles. The molecule has 0 radical (unpaired) electrons. The second-order valence-electron chi connectivity index (χ2n) is 6.44. The fraction of sp³-hybridized carbons (Fsp3) is 0.222. The highest BCUT2D eigenvalue weighted by Crippen LogP contribution is 2.34.